The number of hydrazine groups is 1. The first-order valence-electron chi connectivity index (χ1n) is 5.96. The van der Waals surface area contributed by atoms with Crippen LogP contribution in [-0.4, -0.2) is 34.6 Å². The molecule has 4 N–H and O–H groups in total. The van der Waals surface area contributed by atoms with Crippen LogP contribution in [0.5, 0.6) is 0 Å². The average molecular weight is 269 g/mol. The van der Waals surface area contributed by atoms with Gasteiger partial charge in [0.1, 0.15) is 0 Å². The van der Waals surface area contributed by atoms with Crippen LogP contribution in [0.1, 0.15) is 33.5 Å². The molecule has 100 valence electrons. The van der Waals surface area contributed by atoms with Gasteiger partial charge in [0.15, 0.2) is 0 Å². The van der Waals surface area contributed by atoms with Crippen molar-refractivity contribution in [3.05, 3.63) is 21.4 Å². The number of carbonyl (C=O) groups excluding carboxylic acids is 1. The number of nitrogens with zero attached hydrogens (tertiary/aromatic N) is 1. The molecule has 1 saturated heterocycles. The van der Waals surface area contributed by atoms with E-state index in [0.717, 1.165) is 30.0 Å². The topological polar surface area (TPSA) is 78.6 Å². The van der Waals surface area contributed by atoms with Crippen LogP contribution in [-0.2, 0) is 6.54 Å². The zero-order valence-electron chi connectivity index (χ0n) is 10.7. The van der Waals surface area contributed by atoms with Gasteiger partial charge in [-0.2, -0.15) is 0 Å². The zero-order chi connectivity index (χ0) is 13.3. The molecule has 2 rings (SSSR count). The number of aryl methyl sites for hydroxylation is 1. The number of hydrogen-bond donors (Lipinski definition) is 3. The molecule has 1 aromatic heterocycles. The first-order valence-corrected chi connectivity index (χ1v) is 6.78. The van der Waals surface area contributed by atoms with Crippen molar-refractivity contribution in [1.82, 2.24) is 10.3 Å². The Morgan fingerprint density at radius 3 is 3.00 bits per heavy atom. The molecule has 0 saturated carbocycles. The smallest absolute Gasteiger partial charge is 0.275 e. The van der Waals surface area contributed by atoms with E-state index in [0.29, 0.717) is 11.4 Å². The third kappa shape index (κ3) is 2.89. The highest BCUT2D eigenvalue weighted by Crippen LogP contribution is 2.26. The van der Waals surface area contributed by atoms with Gasteiger partial charge in [-0.25, -0.2) is 5.84 Å². The van der Waals surface area contributed by atoms with E-state index in [9.17, 15) is 9.90 Å². The van der Waals surface area contributed by atoms with Crippen LogP contribution in [0.3, 0.4) is 0 Å². The highest BCUT2D eigenvalue weighted by atomic mass is 32.1. The molecule has 0 spiro atoms. The summed E-state index contributed by atoms with van der Waals surface area (Å²) in [6.07, 6.45) is 0.798. The Kier molecular flexibility index (Phi) is 3.72. The number of thiophene rings is 1. The molecule has 1 fully saturated rings. The van der Waals surface area contributed by atoms with Crippen molar-refractivity contribution in [2.75, 3.05) is 13.1 Å². The summed E-state index contributed by atoms with van der Waals surface area (Å²) in [6, 6.07) is 1.88. The van der Waals surface area contributed by atoms with Gasteiger partial charge in [0.2, 0.25) is 0 Å². The molecule has 0 radical (unpaired) electrons. The Labute approximate surface area is 111 Å². The van der Waals surface area contributed by atoms with Gasteiger partial charge in [-0.3, -0.25) is 15.1 Å². The molecule has 1 amide bonds. The van der Waals surface area contributed by atoms with Crippen LogP contribution < -0.4 is 11.3 Å². The Morgan fingerprint density at radius 2 is 2.44 bits per heavy atom. The van der Waals surface area contributed by atoms with Crippen LogP contribution in [0.15, 0.2) is 6.07 Å². The number of carbonyl (C=O) groups is 1. The molecule has 18 heavy (non-hydrogen) atoms. The van der Waals surface area contributed by atoms with Gasteiger partial charge >= 0.3 is 0 Å². The van der Waals surface area contributed by atoms with Crippen molar-refractivity contribution >= 4 is 17.2 Å². The average Bonchev–Trinajstić information content (AvgIpc) is 2.82. The second kappa shape index (κ2) is 4.97. The lowest BCUT2D eigenvalue weighted by atomic mass is 10.1. The Hall–Kier alpha value is -0.950. The standard InChI is InChI=1S/C12H19N3O2S/c1-8-9(5-10(18-8)11(16)14-13)6-15-4-3-12(2,17)7-15/h5,17H,3-4,6-7,13H2,1-2H3,(H,14,16). The molecule has 0 bridgehead atoms. The lowest BCUT2D eigenvalue weighted by Gasteiger charge is -2.18. The van der Waals surface area contributed by atoms with E-state index >= 15 is 0 Å². The Balaban J connectivity index is 2.06. The molecule has 1 aliphatic rings. The summed E-state index contributed by atoms with van der Waals surface area (Å²) in [5, 5.41) is 9.92. The highest BCUT2D eigenvalue weighted by molar-refractivity contribution is 7.14. The quantitative estimate of drug-likeness (QED) is 0.427. The highest BCUT2D eigenvalue weighted by Gasteiger charge is 2.31. The fourth-order valence-corrected chi connectivity index (χ4v) is 3.21. The van der Waals surface area contributed by atoms with Crippen molar-refractivity contribution in [3.8, 4) is 0 Å². The van der Waals surface area contributed by atoms with E-state index in [2.05, 4.69) is 10.3 Å². The van der Waals surface area contributed by atoms with Crippen molar-refractivity contribution < 1.29 is 9.90 Å². The summed E-state index contributed by atoms with van der Waals surface area (Å²) in [5.41, 5.74) is 2.70. The summed E-state index contributed by atoms with van der Waals surface area (Å²) in [7, 11) is 0. The molecular formula is C12H19N3O2S. The fraction of sp³-hybridized carbons (Fsp3) is 0.583. The molecule has 6 heteroatoms. The predicted octanol–water partition coefficient (Wildman–Crippen LogP) is 0.617. The van der Waals surface area contributed by atoms with Crippen LogP contribution in [0.2, 0.25) is 0 Å². The third-order valence-electron chi connectivity index (χ3n) is 3.30. The van der Waals surface area contributed by atoms with Gasteiger partial charge < -0.3 is 5.11 Å². The number of likely N-dealkylation sites (tertiary alicyclic amines) is 1. The number of nitrogen functional groups attached to an aromatic ring is 1. The second-order valence-corrected chi connectivity index (χ2v) is 6.38. The first kappa shape index (κ1) is 13.5. The number of nitrogens with one attached hydrogen (secondary N) is 1. The van der Waals surface area contributed by atoms with Gasteiger partial charge in [0.05, 0.1) is 10.5 Å². The maximum absolute atomic E-state index is 11.4. The second-order valence-electron chi connectivity index (χ2n) is 5.12. The van der Waals surface area contributed by atoms with Gasteiger partial charge in [-0.05, 0) is 31.9 Å². The number of nitrogens with two attached hydrogens (primary N) is 1. The summed E-state index contributed by atoms with van der Waals surface area (Å²) in [4.78, 5) is 15.4. The van der Waals surface area contributed by atoms with Crippen LogP contribution in [0.4, 0.5) is 0 Å². The number of amides is 1. The normalized spacial score (nSPS) is 24.4. The monoisotopic (exact) mass is 269 g/mol. The van der Waals surface area contributed by atoms with Gasteiger partial charge in [0.25, 0.3) is 5.91 Å². The number of hydrogen-bond acceptors (Lipinski definition) is 5. The molecule has 1 unspecified atom stereocenters. The van der Waals surface area contributed by atoms with Crippen LogP contribution >= 0.6 is 11.3 Å². The Morgan fingerprint density at radius 1 is 1.72 bits per heavy atom. The summed E-state index contributed by atoms with van der Waals surface area (Å²) >= 11 is 1.45. The number of β-amino-alcohol motifs (C(OH)–C–C–N with tert-alkyl or cyclic N) is 1. The van der Waals surface area contributed by atoms with E-state index < -0.39 is 5.60 Å². The Bertz CT molecular complexity index is 456. The molecular weight excluding hydrogens is 250 g/mol. The van der Waals surface area contributed by atoms with E-state index in [1.165, 1.54) is 11.3 Å². The molecule has 5 nitrogen and oxygen atoms in total. The lowest BCUT2D eigenvalue weighted by molar-refractivity contribution is 0.0678. The third-order valence-corrected chi connectivity index (χ3v) is 4.39. The predicted molar refractivity (Wildman–Crippen MR) is 71.2 cm³/mol. The largest absolute Gasteiger partial charge is 0.389 e. The van der Waals surface area contributed by atoms with Gasteiger partial charge in [-0.1, -0.05) is 0 Å². The van der Waals surface area contributed by atoms with Crippen molar-refractivity contribution in [3.63, 3.8) is 0 Å². The van der Waals surface area contributed by atoms with Gasteiger partial charge in [-0.15, -0.1) is 11.3 Å². The molecule has 1 aromatic rings. The van der Waals surface area contributed by atoms with Crippen molar-refractivity contribution in [2.24, 2.45) is 5.84 Å². The molecule has 0 aliphatic carbocycles. The van der Waals surface area contributed by atoms with E-state index in [-0.39, 0.29) is 5.91 Å². The number of aliphatic hydroxyl groups is 1. The fourth-order valence-electron chi connectivity index (χ4n) is 2.27. The maximum Gasteiger partial charge on any atom is 0.275 e. The van der Waals surface area contributed by atoms with Crippen LogP contribution in [0.25, 0.3) is 0 Å². The first-order chi connectivity index (χ1) is 8.41. The minimum Gasteiger partial charge on any atom is -0.389 e. The van der Waals surface area contributed by atoms with E-state index in [1.807, 2.05) is 19.9 Å². The SMILES string of the molecule is Cc1sc(C(=O)NN)cc1CN1CCC(C)(O)C1. The molecule has 2 heterocycles. The molecule has 1 aliphatic heterocycles. The lowest BCUT2D eigenvalue weighted by Crippen LogP contribution is -2.29. The van der Waals surface area contributed by atoms with Crippen LogP contribution in [0, 0.1) is 6.92 Å². The van der Waals surface area contributed by atoms with Crippen molar-refractivity contribution in [1.29, 1.82) is 0 Å². The van der Waals surface area contributed by atoms with Gasteiger partial charge in [0, 0.05) is 24.5 Å². The van der Waals surface area contributed by atoms with E-state index in [4.69, 9.17) is 5.84 Å². The van der Waals surface area contributed by atoms with Crippen molar-refractivity contribution in [2.45, 2.75) is 32.4 Å². The summed E-state index contributed by atoms with van der Waals surface area (Å²) in [5.74, 6) is 4.88. The molecule has 1 atom stereocenters. The minimum atomic E-state index is -0.582. The zero-order valence-corrected chi connectivity index (χ0v) is 11.5. The van der Waals surface area contributed by atoms with E-state index in [1.54, 1.807) is 0 Å². The maximum atomic E-state index is 11.4. The summed E-state index contributed by atoms with van der Waals surface area (Å²) in [6.45, 7) is 6.21. The minimum absolute atomic E-state index is 0.247. The molecule has 0 aromatic carbocycles. The summed E-state index contributed by atoms with van der Waals surface area (Å²) < 4.78 is 0. The number of rotatable bonds is 3.